The standard InChI is InChI=1S/C18H20N2O4/c19-15-8-4-7-14(9-15)10-18(20,11-16(21)22)17(23)24-12-13-5-2-1-3-6-13/h1-9H,10-12,19-20H2,(H,21,22). The molecule has 5 N–H and O–H groups in total. The number of aliphatic carboxylic acids is 1. The summed E-state index contributed by atoms with van der Waals surface area (Å²) in [4.78, 5) is 23.6. The molecule has 0 aliphatic rings. The number of rotatable bonds is 7. The number of carbonyl (C=O) groups is 2. The third-order valence-electron chi connectivity index (χ3n) is 3.56. The predicted octanol–water partition coefficient (Wildman–Crippen LogP) is 1.73. The van der Waals surface area contributed by atoms with E-state index >= 15 is 0 Å². The van der Waals surface area contributed by atoms with Crippen molar-refractivity contribution in [3.63, 3.8) is 0 Å². The largest absolute Gasteiger partial charge is 0.481 e. The molecule has 0 amide bonds. The van der Waals surface area contributed by atoms with Crippen LogP contribution in [0.3, 0.4) is 0 Å². The van der Waals surface area contributed by atoms with Crippen molar-refractivity contribution in [1.82, 2.24) is 0 Å². The van der Waals surface area contributed by atoms with Gasteiger partial charge in [-0.1, -0.05) is 42.5 Å². The highest BCUT2D eigenvalue weighted by atomic mass is 16.5. The second-order valence-electron chi connectivity index (χ2n) is 5.71. The molecule has 0 bridgehead atoms. The molecular weight excluding hydrogens is 308 g/mol. The van der Waals surface area contributed by atoms with Gasteiger partial charge in [-0.25, -0.2) is 0 Å². The number of nitrogen functional groups attached to an aromatic ring is 1. The van der Waals surface area contributed by atoms with Gasteiger partial charge in [0.05, 0.1) is 6.42 Å². The van der Waals surface area contributed by atoms with E-state index in [0.29, 0.717) is 11.3 Å². The van der Waals surface area contributed by atoms with Gasteiger partial charge in [0.15, 0.2) is 0 Å². The van der Waals surface area contributed by atoms with Crippen LogP contribution in [-0.4, -0.2) is 22.6 Å². The quantitative estimate of drug-likeness (QED) is 0.526. The molecule has 0 fully saturated rings. The lowest BCUT2D eigenvalue weighted by molar-refractivity contribution is -0.155. The number of benzene rings is 2. The van der Waals surface area contributed by atoms with E-state index in [0.717, 1.165) is 5.56 Å². The molecule has 24 heavy (non-hydrogen) atoms. The second kappa shape index (κ2) is 7.61. The molecule has 2 aromatic carbocycles. The first-order valence-electron chi connectivity index (χ1n) is 7.45. The molecule has 2 rings (SSSR count). The first-order chi connectivity index (χ1) is 11.4. The number of hydrogen-bond donors (Lipinski definition) is 3. The van der Waals surface area contributed by atoms with Crippen LogP contribution < -0.4 is 11.5 Å². The molecule has 0 radical (unpaired) electrons. The van der Waals surface area contributed by atoms with Gasteiger partial charge in [0, 0.05) is 12.1 Å². The van der Waals surface area contributed by atoms with Crippen LogP contribution in [0.15, 0.2) is 54.6 Å². The topological polar surface area (TPSA) is 116 Å². The Morgan fingerprint density at radius 3 is 2.33 bits per heavy atom. The number of hydrogen-bond acceptors (Lipinski definition) is 5. The van der Waals surface area contributed by atoms with Crippen LogP contribution in [0.25, 0.3) is 0 Å². The van der Waals surface area contributed by atoms with E-state index in [1.54, 1.807) is 36.4 Å². The minimum absolute atomic E-state index is 0.0258. The minimum atomic E-state index is -1.66. The maximum absolute atomic E-state index is 12.4. The molecule has 2 aromatic rings. The number of anilines is 1. The molecule has 0 saturated heterocycles. The zero-order valence-electron chi connectivity index (χ0n) is 13.1. The average molecular weight is 328 g/mol. The van der Waals surface area contributed by atoms with E-state index in [1.807, 2.05) is 18.2 Å². The lowest BCUT2D eigenvalue weighted by atomic mass is 9.88. The van der Waals surface area contributed by atoms with Crippen molar-refractivity contribution in [2.24, 2.45) is 5.73 Å². The first kappa shape index (κ1) is 17.5. The van der Waals surface area contributed by atoms with Crippen molar-refractivity contribution in [2.75, 3.05) is 5.73 Å². The van der Waals surface area contributed by atoms with Crippen molar-refractivity contribution in [2.45, 2.75) is 25.0 Å². The summed E-state index contributed by atoms with van der Waals surface area (Å²) >= 11 is 0. The smallest absolute Gasteiger partial charge is 0.327 e. The van der Waals surface area contributed by atoms with Gasteiger partial charge in [0.2, 0.25) is 0 Å². The van der Waals surface area contributed by atoms with Crippen molar-refractivity contribution >= 4 is 17.6 Å². The molecule has 0 aliphatic carbocycles. The Morgan fingerprint density at radius 2 is 1.71 bits per heavy atom. The fourth-order valence-electron chi connectivity index (χ4n) is 2.41. The number of carboxylic acid groups (broad SMARTS) is 1. The maximum atomic E-state index is 12.4. The third kappa shape index (κ3) is 4.82. The molecule has 126 valence electrons. The fourth-order valence-corrected chi connectivity index (χ4v) is 2.41. The van der Waals surface area contributed by atoms with Crippen molar-refractivity contribution in [3.8, 4) is 0 Å². The van der Waals surface area contributed by atoms with E-state index in [1.165, 1.54) is 0 Å². The molecule has 1 atom stereocenters. The second-order valence-corrected chi connectivity index (χ2v) is 5.71. The molecule has 0 aromatic heterocycles. The zero-order chi connectivity index (χ0) is 17.6. The highest BCUT2D eigenvalue weighted by Gasteiger charge is 2.38. The van der Waals surface area contributed by atoms with Crippen LogP contribution in [0, 0.1) is 0 Å². The third-order valence-corrected chi connectivity index (χ3v) is 3.56. The SMILES string of the molecule is Nc1cccc(CC(N)(CC(=O)O)C(=O)OCc2ccccc2)c1. The predicted molar refractivity (Wildman–Crippen MR) is 90.0 cm³/mol. The van der Waals surface area contributed by atoms with Crippen molar-refractivity contribution in [1.29, 1.82) is 0 Å². The normalized spacial score (nSPS) is 13.0. The highest BCUT2D eigenvalue weighted by molar-refractivity contribution is 5.86. The molecule has 0 heterocycles. The molecule has 0 aliphatic heterocycles. The number of carboxylic acids is 1. The van der Waals surface area contributed by atoms with E-state index in [2.05, 4.69) is 0 Å². The van der Waals surface area contributed by atoms with Gasteiger partial charge >= 0.3 is 11.9 Å². The van der Waals surface area contributed by atoms with Crippen LogP contribution in [0.2, 0.25) is 0 Å². The van der Waals surface area contributed by atoms with Crippen LogP contribution in [0.4, 0.5) is 5.69 Å². The maximum Gasteiger partial charge on any atom is 0.327 e. The molecule has 6 nitrogen and oxygen atoms in total. The Morgan fingerprint density at radius 1 is 1.04 bits per heavy atom. The lowest BCUT2D eigenvalue weighted by Gasteiger charge is -2.26. The van der Waals surface area contributed by atoms with E-state index in [4.69, 9.17) is 21.3 Å². The van der Waals surface area contributed by atoms with Gasteiger partial charge in [0.25, 0.3) is 0 Å². The summed E-state index contributed by atoms with van der Waals surface area (Å²) in [6.45, 7) is 0.0369. The van der Waals surface area contributed by atoms with E-state index in [-0.39, 0.29) is 13.0 Å². The molecule has 0 spiro atoms. The summed E-state index contributed by atoms with van der Waals surface area (Å²) in [5, 5.41) is 9.10. The van der Waals surface area contributed by atoms with Crippen molar-refractivity contribution < 1.29 is 19.4 Å². The van der Waals surface area contributed by atoms with Crippen molar-refractivity contribution in [3.05, 3.63) is 65.7 Å². The summed E-state index contributed by atoms with van der Waals surface area (Å²) in [5.74, 6) is -1.92. The van der Waals surface area contributed by atoms with Crippen LogP contribution >= 0.6 is 0 Å². The highest BCUT2D eigenvalue weighted by Crippen LogP contribution is 2.19. The number of carbonyl (C=O) groups excluding carboxylic acids is 1. The summed E-state index contributed by atoms with van der Waals surface area (Å²) in [5.41, 5.74) is 12.1. The Hall–Kier alpha value is -2.86. The van der Waals surface area contributed by atoms with Gasteiger partial charge < -0.3 is 21.3 Å². The Kier molecular flexibility index (Phi) is 5.55. The van der Waals surface area contributed by atoms with E-state index < -0.39 is 23.9 Å². The fraction of sp³-hybridized carbons (Fsp3) is 0.222. The van der Waals surface area contributed by atoms with Gasteiger partial charge in [-0.15, -0.1) is 0 Å². The first-order valence-corrected chi connectivity index (χ1v) is 7.45. The molecule has 6 heteroatoms. The van der Waals surface area contributed by atoms with Gasteiger partial charge in [-0.3, -0.25) is 9.59 Å². The Labute approximate surface area is 140 Å². The zero-order valence-corrected chi connectivity index (χ0v) is 13.1. The summed E-state index contributed by atoms with van der Waals surface area (Å²) in [6, 6.07) is 15.9. The average Bonchev–Trinajstić information content (AvgIpc) is 2.52. The van der Waals surface area contributed by atoms with Crippen LogP contribution in [-0.2, 0) is 27.4 Å². The molecular formula is C18H20N2O4. The van der Waals surface area contributed by atoms with Crippen LogP contribution in [0.5, 0.6) is 0 Å². The number of ether oxygens (including phenoxy) is 1. The summed E-state index contributed by atoms with van der Waals surface area (Å²) in [6.07, 6.45) is -0.507. The van der Waals surface area contributed by atoms with Gasteiger partial charge in [-0.2, -0.15) is 0 Å². The molecule has 0 saturated carbocycles. The Balaban J connectivity index is 2.13. The lowest BCUT2D eigenvalue weighted by Crippen LogP contribution is -2.52. The minimum Gasteiger partial charge on any atom is -0.481 e. The summed E-state index contributed by atoms with van der Waals surface area (Å²) < 4.78 is 5.24. The number of nitrogens with two attached hydrogens (primary N) is 2. The molecule has 1 unspecified atom stereocenters. The summed E-state index contributed by atoms with van der Waals surface area (Å²) in [7, 11) is 0. The van der Waals surface area contributed by atoms with Crippen LogP contribution in [0.1, 0.15) is 17.5 Å². The van der Waals surface area contributed by atoms with Gasteiger partial charge in [0.1, 0.15) is 12.1 Å². The van der Waals surface area contributed by atoms with Gasteiger partial charge in [-0.05, 0) is 23.3 Å². The monoisotopic (exact) mass is 328 g/mol. The Bertz CT molecular complexity index is 718. The van der Waals surface area contributed by atoms with E-state index in [9.17, 15) is 9.59 Å². The number of esters is 1.